The lowest BCUT2D eigenvalue weighted by atomic mass is 10.1. The zero-order valence-electron chi connectivity index (χ0n) is 10.8. The van der Waals surface area contributed by atoms with Crippen molar-refractivity contribution in [3.8, 4) is 0 Å². The summed E-state index contributed by atoms with van der Waals surface area (Å²) in [5.74, 6) is -1.70. The Kier molecular flexibility index (Phi) is 4.31. The molecule has 104 valence electrons. The van der Waals surface area contributed by atoms with Crippen LogP contribution in [0.4, 0.5) is 5.69 Å². The molecule has 19 heavy (non-hydrogen) atoms. The second-order valence-corrected chi connectivity index (χ2v) is 6.66. The summed E-state index contributed by atoms with van der Waals surface area (Å²) in [6, 6.07) is 4.26. The molecule has 0 bridgehead atoms. The molecular weight excluding hydrogens is 270 g/mol. The number of aromatic carboxylic acids is 1. The highest BCUT2D eigenvalue weighted by molar-refractivity contribution is 7.92. The summed E-state index contributed by atoms with van der Waals surface area (Å²) in [6.07, 6.45) is 0.982. The van der Waals surface area contributed by atoms with Gasteiger partial charge in [-0.2, -0.15) is 0 Å². The smallest absolute Gasteiger partial charge is 0.335 e. The normalized spacial score (nSPS) is 12.8. The summed E-state index contributed by atoms with van der Waals surface area (Å²) in [7, 11) is -3.46. The Morgan fingerprint density at radius 3 is 2.32 bits per heavy atom. The highest BCUT2D eigenvalue weighted by Crippen LogP contribution is 2.16. The Morgan fingerprint density at radius 2 is 1.89 bits per heavy atom. The summed E-state index contributed by atoms with van der Waals surface area (Å²) in [4.78, 5) is 22.5. The number of carbonyl (C=O) groups is 2. The molecule has 7 heteroatoms. The van der Waals surface area contributed by atoms with Crippen molar-refractivity contribution in [2.45, 2.75) is 19.1 Å². The highest BCUT2D eigenvalue weighted by Gasteiger charge is 2.23. The predicted octanol–water partition coefficient (Wildman–Crippen LogP) is 1.06. The van der Waals surface area contributed by atoms with Gasteiger partial charge in [0.1, 0.15) is 5.25 Å². The average Bonchev–Trinajstić information content (AvgIpc) is 2.26. The fourth-order valence-electron chi connectivity index (χ4n) is 1.42. The number of carboxylic acids is 1. The number of hydrogen-bond donors (Lipinski definition) is 2. The van der Waals surface area contributed by atoms with E-state index in [4.69, 9.17) is 5.11 Å². The van der Waals surface area contributed by atoms with E-state index in [2.05, 4.69) is 5.32 Å². The van der Waals surface area contributed by atoms with Crippen LogP contribution >= 0.6 is 0 Å². The Bertz CT molecular complexity index is 621. The summed E-state index contributed by atoms with van der Waals surface area (Å²) in [6.45, 7) is 2.89. The molecule has 0 heterocycles. The maximum absolute atomic E-state index is 11.7. The van der Waals surface area contributed by atoms with Gasteiger partial charge in [0.05, 0.1) is 5.56 Å². The molecule has 0 fully saturated rings. The number of benzene rings is 1. The molecule has 1 amide bonds. The third-order valence-electron chi connectivity index (χ3n) is 2.74. The van der Waals surface area contributed by atoms with Gasteiger partial charge in [0.25, 0.3) is 0 Å². The molecule has 1 rings (SSSR count). The maximum atomic E-state index is 11.7. The zero-order valence-corrected chi connectivity index (χ0v) is 11.6. The van der Waals surface area contributed by atoms with Crippen molar-refractivity contribution in [3.63, 3.8) is 0 Å². The lowest BCUT2D eigenvalue weighted by Gasteiger charge is -2.11. The van der Waals surface area contributed by atoms with E-state index in [-0.39, 0.29) is 5.56 Å². The summed E-state index contributed by atoms with van der Waals surface area (Å²) < 4.78 is 22.5. The van der Waals surface area contributed by atoms with Crippen molar-refractivity contribution in [1.82, 2.24) is 0 Å². The van der Waals surface area contributed by atoms with Gasteiger partial charge < -0.3 is 10.4 Å². The molecular formula is C12H15NO5S. The van der Waals surface area contributed by atoms with E-state index in [1.165, 1.54) is 25.1 Å². The monoisotopic (exact) mass is 285 g/mol. The van der Waals surface area contributed by atoms with Gasteiger partial charge in [0, 0.05) is 11.9 Å². The molecule has 0 aliphatic rings. The quantitative estimate of drug-likeness (QED) is 0.861. The standard InChI is InChI=1S/C12H15NO5S/c1-7-6-9(4-5-10(7)12(15)16)13-11(14)8(2)19(3,17)18/h4-6,8H,1-3H3,(H,13,14)(H,15,16). The summed E-state index contributed by atoms with van der Waals surface area (Å²) in [5, 5.41) is 10.2. The van der Waals surface area contributed by atoms with Gasteiger partial charge in [-0.15, -0.1) is 0 Å². The van der Waals surface area contributed by atoms with E-state index in [0.717, 1.165) is 6.26 Å². The molecule has 0 aliphatic heterocycles. The minimum Gasteiger partial charge on any atom is -0.478 e. The van der Waals surface area contributed by atoms with Crippen LogP contribution in [0, 0.1) is 6.92 Å². The largest absolute Gasteiger partial charge is 0.478 e. The number of rotatable bonds is 4. The van der Waals surface area contributed by atoms with Gasteiger partial charge >= 0.3 is 5.97 Å². The molecule has 0 spiro atoms. The minimum absolute atomic E-state index is 0.133. The highest BCUT2D eigenvalue weighted by atomic mass is 32.2. The van der Waals surface area contributed by atoms with E-state index in [9.17, 15) is 18.0 Å². The number of amides is 1. The number of hydrogen-bond acceptors (Lipinski definition) is 4. The maximum Gasteiger partial charge on any atom is 0.335 e. The van der Waals surface area contributed by atoms with Crippen LogP contribution in [-0.4, -0.2) is 36.9 Å². The van der Waals surface area contributed by atoms with E-state index in [0.29, 0.717) is 11.3 Å². The van der Waals surface area contributed by atoms with Crippen LogP contribution in [-0.2, 0) is 14.6 Å². The van der Waals surface area contributed by atoms with Crippen molar-refractivity contribution >= 4 is 27.4 Å². The van der Waals surface area contributed by atoms with Gasteiger partial charge in [-0.1, -0.05) is 0 Å². The molecule has 0 saturated heterocycles. The molecule has 1 atom stereocenters. The number of carbonyl (C=O) groups excluding carboxylic acids is 1. The van der Waals surface area contributed by atoms with Gasteiger partial charge in [-0.25, -0.2) is 13.2 Å². The van der Waals surface area contributed by atoms with Crippen LogP contribution < -0.4 is 5.32 Å². The Balaban J connectivity index is 2.93. The Labute approximate surface area is 111 Å². The van der Waals surface area contributed by atoms with Crippen LogP contribution in [0.15, 0.2) is 18.2 Å². The third kappa shape index (κ3) is 3.78. The first-order valence-electron chi connectivity index (χ1n) is 5.46. The predicted molar refractivity (Wildman–Crippen MR) is 71.1 cm³/mol. The summed E-state index contributed by atoms with van der Waals surface area (Å²) in [5.41, 5.74) is 0.981. The number of aryl methyl sites for hydroxylation is 1. The zero-order chi connectivity index (χ0) is 14.8. The molecule has 0 aromatic heterocycles. The van der Waals surface area contributed by atoms with Crippen molar-refractivity contribution in [3.05, 3.63) is 29.3 Å². The fourth-order valence-corrected chi connectivity index (χ4v) is 1.87. The lowest BCUT2D eigenvalue weighted by molar-refractivity contribution is -0.115. The number of nitrogens with one attached hydrogen (secondary N) is 1. The summed E-state index contributed by atoms with van der Waals surface area (Å²) >= 11 is 0. The van der Waals surface area contributed by atoms with E-state index >= 15 is 0 Å². The van der Waals surface area contributed by atoms with Crippen LogP contribution in [0.3, 0.4) is 0 Å². The van der Waals surface area contributed by atoms with Crippen molar-refractivity contribution in [2.75, 3.05) is 11.6 Å². The molecule has 1 aromatic carbocycles. The van der Waals surface area contributed by atoms with Gasteiger partial charge in [-0.05, 0) is 37.6 Å². The molecule has 1 unspecified atom stereocenters. The topological polar surface area (TPSA) is 101 Å². The molecule has 0 aliphatic carbocycles. The molecule has 0 radical (unpaired) electrons. The minimum atomic E-state index is -3.46. The number of carboxylic acid groups (broad SMARTS) is 1. The SMILES string of the molecule is Cc1cc(NC(=O)C(C)S(C)(=O)=O)ccc1C(=O)O. The second-order valence-electron chi connectivity index (χ2n) is 4.30. The number of sulfone groups is 1. The van der Waals surface area contributed by atoms with Crippen LogP contribution in [0.25, 0.3) is 0 Å². The first-order chi connectivity index (χ1) is 8.62. The first kappa shape index (κ1) is 15.2. The van der Waals surface area contributed by atoms with E-state index in [1.807, 2.05) is 0 Å². The number of anilines is 1. The molecule has 1 aromatic rings. The Morgan fingerprint density at radius 1 is 1.32 bits per heavy atom. The molecule has 6 nitrogen and oxygen atoms in total. The van der Waals surface area contributed by atoms with Crippen molar-refractivity contribution < 1.29 is 23.1 Å². The van der Waals surface area contributed by atoms with E-state index < -0.39 is 27.0 Å². The second kappa shape index (κ2) is 5.40. The van der Waals surface area contributed by atoms with Crippen molar-refractivity contribution in [1.29, 1.82) is 0 Å². The Hall–Kier alpha value is -1.89. The van der Waals surface area contributed by atoms with Crippen molar-refractivity contribution in [2.24, 2.45) is 0 Å². The van der Waals surface area contributed by atoms with Crippen LogP contribution in [0.5, 0.6) is 0 Å². The lowest BCUT2D eigenvalue weighted by Crippen LogP contribution is -2.31. The average molecular weight is 285 g/mol. The van der Waals surface area contributed by atoms with Gasteiger partial charge in [-0.3, -0.25) is 4.79 Å². The van der Waals surface area contributed by atoms with Gasteiger partial charge in [0.15, 0.2) is 9.84 Å². The fraction of sp³-hybridized carbons (Fsp3) is 0.333. The first-order valence-corrected chi connectivity index (χ1v) is 7.42. The van der Waals surface area contributed by atoms with Gasteiger partial charge in [0.2, 0.25) is 5.91 Å². The third-order valence-corrected chi connectivity index (χ3v) is 4.23. The molecule has 0 saturated carbocycles. The molecule has 2 N–H and O–H groups in total. The van der Waals surface area contributed by atoms with Crippen LogP contribution in [0.2, 0.25) is 0 Å². The van der Waals surface area contributed by atoms with Crippen LogP contribution in [0.1, 0.15) is 22.8 Å². The van der Waals surface area contributed by atoms with E-state index in [1.54, 1.807) is 6.92 Å².